The topological polar surface area (TPSA) is 0 Å². The van der Waals surface area contributed by atoms with Crippen LogP contribution in [0.3, 0.4) is 0 Å². The highest BCUT2D eigenvalue weighted by Gasteiger charge is 2.14. The van der Waals surface area contributed by atoms with Gasteiger partial charge in [0, 0.05) is 4.47 Å². The molecule has 0 aliphatic carbocycles. The van der Waals surface area contributed by atoms with Crippen molar-refractivity contribution < 1.29 is 0 Å². The molecule has 1 heteroatoms. The zero-order valence-electron chi connectivity index (χ0n) is 16.8. The number of hydrogen-bond acceptors (Lipinski definition) is 0. The van der Waals surface area contributed by atoms with Gasteiger partial charge in [-0.2, -0.15) is 0 Å². The Morgan fingerprint density at radius 3 is 1.55 bits per heavy atom. The van der Waals surface area contributed by atoms with E-state index in [1.54, 1.807) is 0 Å². The fraction of sp³-hybridized carbons (Fsp3) is 0. The van der Waals surface area contributed by atoms with Gasteiger partial charge in [0.1, 0.15) is 0 Å². The van der Waals surface area contributed by atoms with E-state index in [-0.39, 0.29) is 0 Å². The highest BCUT2D eigenvalue weighted by molar-refractivity contribution is 9.10. The number of halogens is 1. The lowest BCUT2D eigenvalue weighted by atomic mass is 9.90. The minimum Gasteiger partial charge on any atom is -0.0622 e. The van der Waals surface area contributed by atoms with Gasteiger partial charge in [0.2, 0.25) is 0 Å². The fourth-order valence-corrected chi connectivity index (χ4v) is 5.29. The van der Waals surface area contributed by atoms with Crippen LogP contribution in [0.15, 0.2) is 120 Å². The first-order valence-electron chi connectivity index (χ1n) is 10.5. The Morgan fingerprint density at radius 2 is 0.903 bits per heavy atom. The molecule has 31 heavy (non-hydrogen) atoms. The maximum absolute atomic E-state index is 3.86. The molecule has 0 aromatic heterocycles. The van der Waals surface area contributed by atoms with Crippen LogP contribution >= 0.6 is 15.9 Å². The average Bonchev–Trinajstić information content (AvgIpc) is 2.84. The van der Waals surface area contributed by atoms with Gasteiger partial charge in [0.15, 0.2) is 0 Å². The van der Waals surface area contributed by atoms with Gasteiger partial charge in [0.25, 0.3) is 0 Å². The van der Waals surface area contributed by atoms with Gasteiger partial charge in [-0.3, -0.25) is 0 Å². The molecule has 0 atom stereocenters. The molecule has 0 amide bonds. The maximum Gasteiger partial charge on any atom is 0.0332 e. The summed E-state index contributed by atoms with van der Waals surface area (Å²) in [5.74, 6) is 0. The normalized spacial score (nSPS) is 11.4. The Kier molecular flexibility index (Phi) is 4.36. The molecule has 146 valence electrons. The smallest absolute Gasteiger partial charge is 0.0332 e. The summed E-state index contributed by atoms with van der Waals surface area (Å²) in [5, 5.41) is 7.55. The van der Waals surface area contributed by atoms with Crippen molar-refractivity contribution in [3.8, 4) is 22.3 Å². The van der Waals surface area contributed by atoms with Crippen LogP contribution in [0.2, 0.25) is 0 Å². The lowest BCUT2D eigenvalue weighted by Crippen LogP contribution is -1.88. The van der Waals surface area contributed by atoms with Gasteiger partial charge in [-0.15, -0.1) is 0 Å². The molecule has 6 aromatic carbocycles. The first-order valence-corrected chi connectivity index (χ1v) is 11.3. The number of fused-ring (bicyclic) bond motifs is 3. The van der Waals surface area contributed by atoms with E-state index < -0.39 is 0 Å². The van der Waals surface area contributed by atoms with Gasteiger partial charge in [-0.25, -0.2) is 0 Å². The van der Waals surface area contributed by atoms with Gasteiger partial charge in [-0.1, -0.05) is 103 Å². The lowest BCUT2D eigenvalue weighted by Gasteiger charge is -2.15. The van der Waals surface area contributed by atoms with Crippen LogP contribution in [0.5, 0.6) is 0 Å². The molecule has 0 aliphatic rings. The largest absolute Gasteiger partial charge is 0.0622 e. The number of hydrogen-bond donors (Lipinski definition) is 0. The second-order valence-corrected chi connectivity index (χ2v) is 8.72. The predicted octanol–water partition coefficient (Wildman–Crippen LogP) is 9.24. The standard InChI is InChI=1S/C30H19Br/c31-30-27-12-6-4-10-25(27)29(26-11-5-7-13-28(26)30)23-17-15-21-14-16-22(18-24(21)19-23)20-8-2-1-3-9-20/h1-19H. The molecule has 0 N–H and O–H groups in total. The molecule has 0 aliphatic heterocycles. The fourth-order valence-electron chi connectivity index (χ4n) is 4.60. The summed E-state index contributed by atoms with van der Waals surface area (Å²) in [5.41, 5.74) is 5.03. The predicted molar refractivity (Wildman–Crippen MR) is 138 cm³/mol. The third-order valence-corrected chi connectivity index (χ3v) is 6.96. The Labute approximate surface area is 189 Å². The zero-order valence-corrected chi connectivity index (χ0v) is 18.4. The SMILES string of the molecule is Brc1c2ccccc2c(-c2ccc3ccc(-c4ccccc4)cc3c2)c2ccccc12. The van der Waals surface area contributed by atoms with Crippen molar-refractivity contribution in [3.05, 3.63) is 120 Å². The summed E-state index contributed by atoms with van der Waals surface area (Å²) in [6.45, 7) is 0. The Morgan fingerprint density at radius 1 is 0.387 bits per heavy atom. The first kappa shape index (κ1) is 18.4. The van der Waals surface area contributed by atoms with Crippen molar-refractivity contribution in [2.75, 3.05) is 0 Å². The van der Waals surface area contributed by atoms with E-state index in [2.05, 4.69) is 131 Å². The summed E-state index contributed by atoms with van der Waals surface area (Å²) >= 11 is 3.86. The van der Waals surface area contributed by atoms with Gasteiger partial charge < -0.3 is 0 Å². The minimum atomic E-state index is 1.16. The Hall–Kier alpha value is -3.42. The molecular weight excluding hydrogens is 440 g/mol. The van der Waals surface area contributed by atoms with E-state index in [4.69, 9.17) is 0 Å². The Bertz CT molecular complexity index is 1520. The number of benzene rings is 6. The molecule has 0 nitrogen and oxygen atoms in total. The molecule has 0 fully saturated rings. The lowest BCUT2D eigenvalue weighted by molar-refractivity contribution is 1.64. The van der Waals surface area contributed by atoms with Crippen molar-refractivity contribution in [2.24, 2.45) is 0 Å². The first-order chi connectivity index (χ1) is 15.3. The maximum atomic E-state index is 3.86. The van der Waals surface area contributed by atoms with E-state index >= 15 is 0 Å². The van der Waals surface area contributed by atoms with Crippen LogP contribution in [-0.2, 0) is 0 Å². The number of rotatable bonds is 2. The monoisotopic (exact) mass is 458 g/mol. The highest BCUT2D eigenvalue weighted by Crippen LogP contribution is 2.42. The van der Waals surface area contributed by atoms with E-state index in [9.17, 15) is 0 Å². The second kappa shape index (κ2) is 7.37. The van der Waals surface area contributed by atoms with Crippen LogP contribution in [0.25, 0.3) is 54.6 Å². The summed E-state index contributed by atoms with van der Waals surface area (Å²) < 4.78 is 1.16. The second-order valence-electron chi connectivity index (χ2n) is 7.92. The van der Waals surface area contributed by atoms with Crippen molar-refractivity contribution in [2.45, 2.75) is 0 Å². The zero-order chi connectivity index (χ0) is 20.8. The molecule has 0 unspecified atom stereocenters. The summed E-state index contributed by atoms with van der Waals surface area (Å²) in [7, 11) is 0. The molecule has 6 rings (SSSR count). The Balaban J connectivity index is 1.65. The van der Waals surface area contributed by atoms with Crippen LogP contribution in [0.1, 0.15) is 0 Å². The van der Waals surface area contributed by atoms with Crippen LogP contribution in [-0.4, -0.2) is 0 Å². The molecule has 0 radical (unpaired) electrons. The van der Waals surface area contributed by atoms with E-state index in [1.807, 2.05) is 0 Å². The van der Waals surface area contributed by atoms with E-state index in [0.717, 1.165) is 4.47 Å². The highest BCUT2D eigenvalue weighted by atomic mass is 79.9. The quantitative estimate of drug-likeness (QED) is 0.226. The summed E-state index contributed by atoms with van der Waals surface area (Å²) in [6, 6.07) is 41.5. The van der Waals surface area contributed by atoms with Crippen LogP contribution in [0, 0.1) is 0 Å². The third kappa shape index (κ3) is 3.05. The minimum absolute atomic E-state index is 1.16. The third-order valence-electron chi connectivity index (χ3n) is 6.10. The molecule has 0 saturated carbocycles. The van der Waals surface area contributed by atoms with Crippen molar-refractivity contribution >= 4 is 48.2 Å². The van der Waals surface area contributed by atoms with Crippen molar-refractivity contribution in [1.82, 2.24) is 0 Å². The van der Waals surface area contributed by atoms with Gasteiger partial charge in [-0.05, 0) is 82.6 Å². The molecule has 6 aromatic rings. The van der Waals surface area contributed by atoms with Gasteiger partial charge in [0.05, 0.1) is 0 Å². The van der Waals surface area contributed by atoms with Crippen LogP contribution < -0.4 is 0 Å². The molecule has 0 spiro atoms. The molecule has 0 bridgehead atoms. The molecule has 0 heterocycles. The average molecular weight is 459 g/mol. The van der Waals surface area contributed by atoms with Crippen LogP contribution in [0.4, 0.5) is 0 Å². The van der Waals surface area contributed by atoms with E-state index in [0.29, 0.717) is 0 Å². The molecular formula is C30H19Br. The van der Waals surface area contributed by atoms with Crippen molar-refractivity contribution in [3.63, 3.8) is 0 Å². The van der Waals surface area contributed by atoms with E-state index in [1.165, 1.54) is 54.6 Å². The van der Waals surface area contributed by atoms with Gasteiger partial charge >= 0.3 is 0 Å². The molecule has 0 saturated heterocycles. The summed E-state index contributed by atoms with van der Waals surface area (Å²) in [6.07, 6.45) is 0. The van der Waals surface area contributed by atoms with Crippen molar-refractivity contribution in [1.29, 1.82) is 0 Å². The summed E-state index contributed by atoms with van der Waals surface area (Å²) in [4.78, 5) is 0.